The summed E-state index contributed by atoms with van der Waals surface area (Å²) in [5, 5.41) is 29.7. The van der Waals surface area contributed by atoms with Crippen LogP contribution in [-0.2, 0) is 14.8 Å². The monoisotopic (exact) mass is 482 g/mol. The van der Waals surface area contributed by atoms with Gasteiger partial charge in [-0.05, 0) is 50.2 Å². The highest BCUT2D eigenvalue weighted by Gasteiger charge is 2.45. The lowest BCUT2D eigenvalue weighted by Crippen LogP contribution is -2.50. The lowest BCUT2D eigenvalue weighted by molar-refractivity contribution is -0.107. The normalized spacial score (nSPS) is 19.8. The Labute approximate surface area is 192 Å². The quantitative estimate of drug-likeness (QED) is 0.426. The molecule has 0 saturated carbocycles. The highest BCUT2D eigenvalue weighted by molar-refractivity contribution is 7.89. The highest BCUT2D eigenvalue weighted by Crippen LogP contribution is 2.43. The summed E-state index contributed by atoms with van der Waals surface area (Å²) in [6.07, 6.45) is -2.33. The molecule has 2 aromatic rings. The number of halogens is 1. The number of nitrogens with one attached hydrogen (secondary N) is 1. The van der Waals surface area contributed by atoms with Gasteiger partial charge in [-0.2, -0.15) is 4.31 Å². The summed E-state index contributed by atoms with van der Waals surface area (Å²) in [6.45, 7) is 7.45. The van der Waals surface area contributed by atoms with Gasteiger partial charge in [0.15, 0.2) is 6.10 Å². The number of sulfonamides is 1. The molecule has 1 heterocycles. The maximum atomic E-state index is 13.0. The van der Waals surface area contributed by atoms with Crippen molar-refractivity contribution in [1.29, 1.82) is 5.41 Å². The van der Waals surface area contributed by atoms with Crippen molar-refractivity contribution in [2.75, 3.05) is 13.1 Å². The van der Waals surface area contributed by atoms with Crippen molar-refractivity contribution in [2.24, 2.45) is 0 Å². The summed E-state index contributed by atoms with van der Waals surface area (Å²) in [4.78, 5) is 0.0323. The van der Waals surface area contributed by atoms with Gasteiger partial charge in [-0.25, -0.2) is 8.42 Å². The topological polar surface area (TPSA) is 120 Å². The third kappa shape index (κ3) is 4.43. The summed E-state index contributed by atoms with van der Waals surface area (Å²) in [6, 6.07) is 8.59. The Kier molecular flexibility index (Phi) is 6.76. The van der Waals surface area contributed by atoms with Crippen LogP contribution in [0.15, 0.2) is 41.3 Å². The number of aromatic hydroxyl groups is 1. The van der Waals surface area contributed by atoms with E-state index in [0.29, 0.717) is 29.4 Å². The van der Waals surface area contributed by atoms with E-state index in [4.69, 9.17) is 26.5 Å². The Hall–Kier alpha value is -2.33. The van der Waals surface area contributed by atoms with Crippen LogP contribution in [0.1, 0.15) is 44.9 Å². The molecule has 1 aliphatic heterocycles. The van der Waals surface area contributed by atoms with E-state index >= 15 is 0 Å². The van der Waals surface area contributed by atoms with E-state index in [9.17, 15) is 18.6 Å². The van der Waals surface area contributed by atoms with Crippen molar-refractivity contribution in [3.8, 4) is 11.5 Å². The van der Waals surface area contributed by atoms with Crippen LogP contribution in [-0.4, -0.2) is 53.6 Å². The maximum absolute atomic E-state index is 13.0. The number of hydrogen-bond acceptors (Lipinski definition) is 7. The summed E-state index contributed by atoms with van der Waals surface area (Å²) < 4.78 is 39.0. The molecular formula is C22H27ClN2O6S. The molecule has 0 aromatic heterocycles. The van der Waals surface area contributed by atoms with E-state index in [2.05, 4.69) is 0 Å². The number of hydrogen-bond donors (Lipinski definition) is 3. The molecule has 32 heavy (non-hydrogen) atoms. The number of phenols is 1. The smallest absolute Gasteiger partial charge is 0.243 e. The molecule has 0 amide bonds. The minimum absolute atomic E-state index is 0.0323. The van der Waals surface area contributed by atoms with Gasteiger partial charge in [0.2, 0.25) is 15.9 Å². The second-order valence-electron chi connectivity index (χ2n) is 7.97. The zero-order chi connectivity index (χ0) is 23.8. The first kappa shape index (κ1) is 24.3. The molecule has 0 unspecified atom stereocenters. The van der Waals surface area contributed by atoms with E-state index < -0.39 is 33.7 Å². The average molecular weight is 483 g/mol. The van der Waals surface area contributed by atoms with Crippen LogP contribution in [0.5, 0.6) is 11.5 Å². The maximum Gasteiger partial charge on any atom is 0.243 e. The average Bonchev–Trinajstić information content (AvgIpc) is 2.71. The van der Waals surface area contributed by atoms with E-state index in [1.807, 2.05) is 0 Å². The zero-order valence-electron chi connectivity index (χ0n) is 18.3. The van der Waals surface area contributed by atoms with Gasteiger partial charge in [0.1, 0.15) is 23.2 Å². The fourth-order valence-corrected chi connectivity index (χ4v) is 5.27. The molecule has 0 saturated heterocycles. The summed E-state index contributed by atoms with van der Waals surface area (Å²) in [7, 11) is -3.76. The van der Waals surface area contributed by atoms with Crippen molar-refractivity contribution in [2.45, 2.75) is 50.4 Å². The van der Waals surface area contributed by atoms with Gasteiger partial charge < -0.3 is 19.7 Å². The first-order valence-corrected chi connectivity index (χ1v) is 12.0. The lowest BCUT2D eigenvalue weighted by atomic mass is 9.88. The van der Waals surface area contributed by atoms with Gasteiger partial charge in [0.25, 0.3) is 0 Å². The molecular weight excluding hydrogens is 456 g/mol. The van der Waals surface area contributed by atoms with Crippen LogP contribution in [0, 0.1) is 5.41 Å². The lowest BCUT2D eigenvalue weighted by Gasteiger charge is -2.42. The molecule has 0 spiro atoms. The largest absolute Gasteiger partial charge is 0.507 e. The van der Waals surface area contributed by atoms with E-state index in [-0.39, 0.29) is 16.2 Å². The molecule has 174 valence electrons. The van der Waals surface area contributed by atoms with E-state index in [1.165, 1.54) is 40.7 Å². The second-order valence-corrected chi connectivity index (χ2v) is 10.3. The predicted molar refractivity (Wildman–Crippen MR) is 121 cm³/mol. The fraction of sp³-hybridized carbons (Fsp3) is 0.409. The zero-order valence-corrected chi connectivity index (χ0v) is 19.9. The minimum atomic E-state index is -3.76. The Morgan fingerprint density at radius 3 is 2.47 bits per heavy atom. The van der Waals surface area contributed by atoms with Gasteiger partial charge in [0, 0.05) is 23.7 Å². The Morgan fingerprint density at radius 2 is 1.88 bits per heavy atom. The minimum Gasteiger partial charge on any atom is -0.507 e. The fourth-order valence-electron chi connectivity index (χ4n) is 3.61. The first-order chi connectivity index (χ1) is 14.9. The van der Waals surface area contributed by atoms with Crippen LogP contribution in [0.25, 0.3) is 0 Å². The molecule has 1 aliphatic rings. The number of nitrogens with zero attached hydrogens (tertiary/aromatic N) is 1. The summed E-state index contributed by atoms with van der Waals surface area (Å²) in [5.74, 6) is -0.304. The summed E-state index contributed by atoms with van der Waals surface area (Å²) in [5.41, 5.74) is -0.693. The third-order valence-corrected chi connectivity index (χ3v) is 7.73. The van der Waals surface area contributed by atoms with Gasteiger partial charge in [-0.3, -0.25) is 5.41 Å². The van der Waals surface area contributed by atoms with Gasteiger partial charge >= 0.3 is 0 Å². The van der Waals surface area contributed by atoms with Gasteiger partial charge in [0.05, 0.1) is 10.5 Å². The van der Waals surface area contributed by atoms with Crippen LogP contribution >= 0.6 is 11.6 Å². The Bertz CT molecular complexity index is 1130. The van der Waals surface area contributed by atoms with Crippen molar-refractivity contribution in [1.82, 2.24) is 4.31 Å². The first-order valence-electron chi connectivity index (χ1n) is 10.2. The number of ether oxygens (including phenoxy) is 2. The Morgan fingerprint density at radius 1 is 1.22 bits per heavy atom. The van der Waals surface area contributed by atoms with Crippen molar-refractivity contribution < 1.29 is 28.1 Å². The number of fused-ring (bicyclic) bond motifs is 1. The van der Waals surface area contributed by atoms with Crippen LogP contribution in [0.2, 0.25) is 5.02 Å². The van der Waals surface area contributed by atoms with Crippen molar-refractivity contribution in [3.05, 3.63) is 52.5 Å². The number of aliphatic hydroxyl groups is 1. The van der Waals surface area contributed by atoms with Gasteiger partial charge in [-0.15, -0.1) is 0 Å². The highest BCUT2D eigenvalue weighted by atomic mass is 35.5. The third-order valence-electron chi connectivity index (χ3n) is 5.45. The van der Waals surface area contributed by atoms with Crippen LogP contribution in [0.3, 0.4) is 0 Å². The SMILES string of the molecule is CCN(CC)S(=O)(=O)c1ccc2c(c1)[C@@H](OC(=N)c1ccc(Cl)cc1O)[C@H](O)C(C)(C)O2. The Balaban J connectivity index is 2.06. The number of rotatable bonds is 6. The molecule has 3 rings (SSSR count). The molecule has 8 nitrogen and oxygen atoms in total. The standard InChI is InChI=1S/C22H27ClN2O6S/c1-5-25(6-2)32(28,29)14-8-10-18-16(12-14)19(20(27)22(3,4)31-18)30-21(24)15-9-7-13(23)11-17(15)26/h7-12,19-20,24,26-27H,5-6H2,1-4H3/t19-,20+/m1/s1. The van der Waals surface area contributed by atoms with Crippen LogP contribution in [0.4, 0.5) is 0 Å². The number of aliphatic hydroxyl groups excluding tert-OH is 1. The van der Waals surface area contributed by atoms with Crippen molar-refractivity contribution in [3.63, 3.8) is 0 Å². The second kappa shape index (κ2) is 8.90. The summed E-state index contributed by atoms with van der Waals surface area (Å²) >= 11 is 5.86. The van der Waals surface area contributed by atoms with E-state index in [0.717, 1.165) is 0 Å². The molecule has 2 aromatic carbocycles. The van der Waals surface area contributed by atoms with Gasteiger partial charge in [-0.1, -0.05) is 25.4 Å². The molecule has 3 N–H and O–H groups in total. The van der Waals surface area contributed by atoms with Crippen LogP contribution < -0.4 is 4.74 Å². The molecule has 0 aliphatic carbocycles. The molecule has 10 heteroatoms. The predicted octanol–water partition coefficient (Wildman–Crippen LogP) is 3.69. The number of phenolic OH excluding ortho intramolecular Hbond substituents is 1. The molecule has 2 atom stereocenters. The molecule has 0 bridgehead atoms. The van der Waals surface area contributed by atoms with Crippen molar-refractivity contribution >= 4 is 27.5 Å². The molecule has 0 radical (unpaired) electrons. The molecule has 0 fully saturated rings. The number of benzene rings is 2. The van der Waals surface area contributed by atoms with E-state index in [1.54, 1.807) is 27.7 Å².